The monoisotopic (exact) mass is 316 g/mol. The highest BCUT2D eigenvalue weighted by atomic mass is 32.2. The minimum Gasteiger partial charge on any atom is -0.508 e. The number of ether oxygens (including phenoxy) is 1. The molecule has 1 atom stereocenters. The highest BCUT2D eigenvalue weighted by molar-refractivity contribution is 7.99. The van der Waals surface area contributed by atoms with E-state index in [2.05, 4.69) is 10.3 Å². The van der Waals surface area contributed by atoms with Gasteiger partial charge in [-0.25, -0.2) is 4.98 Å². The largest absolute Gasteiger partial charge is 0.508 e. The average molecular weight is 316 g/mol. The molecule has 1 aromatic heterocycles. The van der Waals surface area contributed by atoms with E-state index in [1.165, 1.54) is 6.07 Å². The van der Waals surface area contributed by atoms with Gasteiger partial charge in [0.05, 0.1) is 0 Å². The molecular formula is C16H16N2O3S. The van der Waals surface area contributed by atoms with E-state index in [1.54, 1.807) is 36.5 Å². The lowest BCUT2D eigenvalue weighted by atomic mass is 10.2. The molecule has 3 rings (SSSR count). The van der Waals surface area contributed by atoms with Crippen LogP contribution >= 0.6 is 11.8 Å². The third-order valence-corrected chi connectivity index (χ3v) is 4.41. The zero-order valence-electron chi connectivity index (χ0n) is 11.9. The number of phenolic OH excluding ortho intramolecular Hbond substituents is 1. The fourth-order valence-corrected chi connectivity index (χ4v) is 3.27. The fourth-order valence-electron chi connectivity index (χ4n) is 2.18. The number of hydrogen-bond acceptors (Lipinski definition) is 5. The molecule has 0 radical (unpaired) electrons. The molecule has 0 spiro atoms. The molecular weight excluding hydrogens is 300 g/mol. The number of hydrogen-bond donors (Lipinski definition) is 2. The molecule has 1 aliphatic rings. The Balaban J connectivity index is 1.69. The Morgan fingerprint density at radius 3 is 3.05 bits per heavy atom. The maximum atomic E-state index is 12.2. The van der Waals surface area contributed by atoms with Crippen molar-refractivity contribution in [1.82, 2.24) is 4.98 Å². The van der Waals surface area contributed by atoms with Crippen molar-refractivity contribution in [2.24, 2.45) is 0 Å². The van der Waals surface area contributed by atoms with E-state index in [-0.39, 0.29) is 17.8 Å². The predicted octanol–water partition coefficient (Wildman–Crippen LogP) is 2.92. The van der Waals surface area contributed by atoms with Crippen molar-refractivity contribution >= 4 is 23.4 Å². The minimum atomic E-state index is -0.265. The van der Waals surface area contributed by atoms with E-state index in [4.69, 9.17) is 4.74 Å². The molecule has 2 N–H and O–H groups in total. The number of aromatic hydroxyl groups is 1. The van der Waals surface area contributed by atoms with E-state index in [9.17, 15) is 9.90 Å². The van der Waals surface area contributed by atoms with Gasteiger partial charge in [-0.1, -0.05) is 6.07 Å². The Hall–Kier alpha value is -2.21. The molecule has 1 aliphatic heterocycles. The topological polar surface area (TPSA) is 71.5 Å². The summed E-state index contributed by atoms with van der Waals surface area (Å²) < 4.78 is 5.78. The van der Waals surface area contributed by atoms with Crippen molar-refractivity contribution < 1.29 is 14.6 Å². The number of aromatic nitrogens is 1. The summed E-state index contributed by atoms with van der Waals surface area (Å²) in [6.45, 7) is 0. The quantitative estimate of drug-likeness (QED) is 0.907. The van der Waals surface area contributed by atoms with Crippen LogP contribution in [-0.2, 0) is 0 Å². The molecule has 114 valence electrons. The summed E-state index contributed by atoms with van der Waals surface area (Å²) in [5, 5.41) is 12.2. The molecule has 1 fully saturated rings. The number of benzene rings is 1. The molecule has 6 heteroatoms. The summed E-state index contributed by atoms with van der Waals surface area (Å²) in [6.07, 6.45) is 2.74. The number of amides is 1. The highest BCUT2D eigenvalue weighted by Gasteiger charge is 2.18. The van der Waals surface area contributed by atoms with Crippen LogP contribution in [0.25, 0.3) is 0 Å². The summed E-state index contributed by atoms with van der Waals surface area (Å²) in [5.74, 6) is 2.37. The van der Waals surface area contributed by atoms with Gasteiger partial charge in [0.2, 0.25) is 5.88 Å². The van der Waals surface area contributed by atoms with Gasteiger partial charge in [-0.05, 0) is 30.4 Å². The number of nitrogens with zero attached hydrogens (tertiary/aromatic N) is 1. The van der Waals surface area contributed by atoms with Gasteiger partial charge in [0.1, 0.15) is 11.9 Å². The SMILES string of the molecule is O=C(Nc1cccc(O)c1)c1ccnc(OC2CCSC2)c1. The molecule has 0 bridgehead atoms. The minimum absolute atomic E-state index is 0.107. The van der Waals surface area contributed by atoms with Gasteiger partial charge >= 0.3 is 0 Å². The summed E-state index contributed by atoms with van der Waals surface area (Å²) >= 11 is 1.86. The number of phenols is 1. The second-order valence-corrected chi connectivity index (χ2v) is 6.14. The van der Waals surface area contributed by atoms with Crippen molar-refractivity contribution in [3.63, 3.8) is 0 Å². The Kier molecular flexibility index (Phi) is 4.48. The fraction of sp³-hybridized carbons (Fsp3) is 0.250. The lowest BCUT2D eigenvalue weighted by Crippen LogP contribution is -2.17. The zero-order chi connectivity index (χ0) is 15.4. The van der Waals surface area contributed by atoms with Crippen LogP contribution in [0, 0.1) is 0 Å². The molecule has 1 saturated heterocycles. The number of carbonyl (C=O) groups excluding carboxylic acids is 1. The third kappa shape index (κ3) is 3.71. The smallest absolute Gasteiger partial charge is 0.255 e. The molecule has 2 aromatic rings. The average Bonchev–Trinajstić information content (AvgIpc) is 3.00. The van der Waals surface area contributed by atoms with Crippen molar-refractivity contribution in [3.8, 4) is 11.6 Å². The van der Waals surface area contributed by atoms with E-state index < -0.39 is 0 Å². The number of nitrogens with one attached hydrogen (secondary N) is 1. The van der Waals surface area contributed by atoms with Crippen LogP contribution in [-0.4, -0.2) is 33.6 Å². The first kappa shape index (κ1) is 14.7. The predicted molar refractivity (Wildman–Crippen MR) is 86.7 cm³/mol. The summed E-state index contributed by atoms with van der Waals surface area (Å²) in [4.78, 5) is 16.4. The molecule has 22 heavy (non-hydrogen) atoms. The van der Waals surface area contributed by atoms with Crippen LogP contribution in [0.2, 0.25) is 0 Å². The number of anilines is 1. The van der Waals surface area contributed by atoms with Crippen LogP contribution < -0.4 is 10.1 Å². The van der Waals surface area contributed by atoms with Gasteiger partial charge in [0, 0.05) is 35.3 Å². The Morgan fingerprint density at radius 2 is 2.27 bits per heavy atom. The zero-order valence-corrected chi connectivity index (χ0v) is 12.7. The number of thioether (sulfide) groups is 1. The maximum Gasteiger partial charge on any atom is 0.255 e. The van der Waals surface area contributed by atoms with Gasteiger partial charge in [-0.15, -0.1) is 0 Å². The molecule has 1 aromatic carbocycles. The van der Waals surface area contributed by atoms with Crippen LogP contribution in [0.15, 0.2) is 42.6 Å². The first-order valence-corrected chi connectivity index (χ1v) is 8.17. The normalized spacial score (nSPS) is 17.2. The summed E-state index contributed by atoms with van der Waals surface area (Å²) in [6, 6.07) is 9.70. The van der Waals surface area contributed by atoms with E-state index in [1.807, 2.05) is 11.8 Å². The molecule has 1 unspecified atom stereocenters. The first-order valence-electron chi connectivity index (χ1n) is 7.01. The molecule has 5 nitrogen and oxygen atoms in total. The van der Waals surface area contributed by atoms with Crippen LogP contribution in [0.3, 0.4) is 0 Å². The van der Waals surface area contributed by atoms with E-state index >= 15 is 0 Å². The second kappa shape index (κ2) is 6.70. The van der Waals surface area contributed by atoms with E-state index in [0.29, 0.717) is 17.1 Å². The highest BCUT2D eigenvalue weighted by Crippen LogP contribution is 2.23. The van der Waals surface area contributed by atoms with Gasteiger partial charge in [0.25, 0.3) is 5.91 Å². The standard InChI is InChI=1S/C16H16N2O3S/c19-13-3-1-2-12(9-13)18-16(20)11-4-6-17-15(8-11)21-14-5-7-22-10-14/h1-4,6,8-9,14,19H,5,7,10H2,(H,18,20). The van der Waals surface area contributed by atoms with Crippen LogP contribution in [0.5, 0.6) is 11.6 Å². The Bertz CT molecular complexity index is 672. The third-order valence-electron chi connectivity index (χ3n) is 3.28. The van der Waals surface area contributed by atoms with Gasteiger partial charge in [-0.3, -0.25) is 4.79 Å². The number of pyridine rings is 1. The van der Waals surface area contributed by atoms with Gasteiger partial charge in [0.15, 0.2) is 0 Å². The van der Waals surface area contributed by atoms with E-state index in [0.717, 1.165) is 17.9 Å². The second-order valence-electron chi connectivity index (χ2n) is 4.99. The lowest BCUT2D eigenvalue weighted by Gasteiger charge is -2.12. The lowest BCUT2D eigenvalue weighted by molar-refractivity contribution is 0.102. The Morgan fingerprint density at radius 1 is 1.36 bits per heavy atom. The van der Waals surface area contributed by atoms with Crippen LogP contribution in [0.4, 0.5) is 5.69 Å². The van der Waals surface area contributed by atoms with Crippen molar-refractivity contribution in [3.05, 3.63) is 48.2 Å². The van der Waals surface area contributed by atoms with Crippen molar-refractivity contribution in [2.75, 3.05) is 16.8 Å². The summed E-state index contributed by atoms with van der Waals surface area (Å²) in [7, 11) is 0. The van der Waals surface area contributed by atoms with Gasteiger partial charge in [-0.2, -0.15) is 11.8 Å². The number of carbonyl (C=O) groups is 1. The molecule has 2 heterocycles. The maximum absolute atomic E-state index is 12.2. The number of rotatable bonds is 4. The van der Waals surface area contributed by atoms with Crippen molar-refractivity contribution in [2.45, 2.75) is 12.5 Å². The van der Waals surface area contributed by atoms with Crippen molar-refractivity contribution in [1.29, 1.82) is 0 Å². The first-order chi connectivity index (χ1) is 10.7. The molecule has 0 saturated carbocycles. The Labute approximate surface area is 132 Å². The molecule has 0 aliphatic carbocycles. The van der Waals surface area contributed by atoms with Gasteiger partial charge < -0.3 is 15.2 Å². The van der Waals surface area contributed by atoms with Crippen LogP contribution in [0.1, 0.15) is 16.8 Å². The molecule has 1 amide bonds. The summed E-state index contributed by atoms with van der Waals surface area (Å²) in [5.41, 5.74) is 1.01.